The molecule has 0 aliphatic rings. The molecule has 0 atom stereocenters. The highest BCUT2D eigenvalue weighted by Crippen LogP contribution is 2.25. The van der Waals surface area contributed by atoms with Gasteiger partial charge in [-0.15, -0.1) is 0 Å². The van der Waals surface area contributed by atoms with Gasteiger partial charge in [-0.1, -0.05) is 24.3 Å². The van der Waals surface area contributed by atoms with Crippen LogP contribution in [0.1, 0.15) is 16.7 Å². The SMILES string of the molecule is Cc1ccccc1COc1ccc(-c2ccn[nH]2)cc1C. The van der Waals surface area contributed by atoms with Crippen molar-refractivity contribution in [3.63, 3.8) is 0 Å². The summed E-state index contributed by atoms with van der Waals surface area (Å²) < 4.78 is 5.95. The number of hydrogen-bond acceptors (Lipinski definition) is 2. The molecule has 0 amide bonds. The van der Waals surface area contributed by atoms with Gasteiger partial charge in [-0.3, -0.25) is 5.10 Å². The van der Waals surface area contributed by atoms with E-state index in [0.717, 1.165) is 22.6 Å². The average molecular weight is 278 g/mol. The van der Waals surface area contributed by atoms with E-state index in [1.165, 1.54) is 11.1 Å². The second-order valence-electron chi connectivity index (χ2n) is 5.17. The number of nitrogens with zero attached hydrogens (tertiary/aromatic N) is 1. The average Bonchev–Trinajstić information content (AvgIpc) is 3.02. The van der Waals surface area contributed by atoms with Crippen LogP contribution in [0, 0.1) is 13.8 Å². The Hall–Kier alpha value is -2.55. The summed E-state index contributed by atoms with van der Waals surface area (Å²) in [5.74, 6) is 0.918. The third kappa shape index (κ3) is 2.97. The van der Waals surface area contributed by atoms with Crippen LogP contribution in [0.15, 0.2) is 54.7 Å². The van der Waals surface area contributed by atoms with Crippen molar-refractivity contribution in [1.82, 2.24) is 10.2 Å². The van der Waals surface area contributed by atoms with Crippen molar-refractivity contribution in [2.75, 3.05) is 0 Å². The van der Waals surface area contributed by atoms with Crippen molar-refractivity contribution < 1.29 is 4.74 Å². The van der Waals surface area contributed by atoms with Crippen LogP contribution in [0.4, 0.5) is 0 Å². The topological polar surface area (TPSA) is 37.9 Å². The van der Waals surface area contributed by atoms with Crippen molar-refractivity contribution in [3.05, 3.63) is 71.4 Å². The molecule has 0 spiro atoms. The number of rotatable bonds is 4. The van der Waals surface area contributed by atoms with Gasteiger partial charge >= 0.3 is 0 Å². The van der Waals surface area contributed by atoms with E-state index in [-0.39, 0.29) is 0 Å². The molecule has 1 N–H and O–H groups in total. The van der Waals surface area contributed by atoms with Crippen molar-refractivity contribution in [1.29, 1.82) is 0 Å². The van der Waals surface area contributed by atoms with E-state index in [4.69, 9.17) is 4.74 Å². The summed E-state index contributed by atoms with van der Waals surface area (Å²) in [5.41, 5.74) is 5.73. The van der Waals surface area contributed by atoms with Gasteiger partial charge in [-0.25, -0.2) is 0 Å². The van der Waals surface area contributed by atoms with Crippen LogP contribution >= 0.6 is 0 Å². The molecule has 0 aliphatic carbocycles. The molecule has 0 bridgehead atoms. The van der Waals surface area contributed by atoms with Gasteiger partial charge < -0.3 is 4.74 Å². The predicted molar refractivity (Wildman–Crippen MR) is 84.3 cm³/mol. The molecule has 3 rings (SSSR count). The van der Waals surface area contributed by atoms with E-state index in [1.54, 1.807) is 6.20 Å². The highest BCUT2D eigenvalue weighted by Gasteiger charge is 2.05. The Kier molecular flexibility index (Phi) is 3.73. The van der Waals surface area contributed by atoms with E-state index >= 15 is 0 Å². The largest absolute Gasteiger partial charge is 0.489 e. The molecule has 106 valence electrons. The smallest absolute Gasteiger partial charge is 0.122 e. The first-order chi connectivity index (χ1) is 10.2. The van der Waals surface area contributed by atoms with Crippen molar-refractivity contribution >= 4 is 0 Å². The lowest BCUT2D eigenvalue weighted by atomic mass is 10.1. The number of hydrogen-bond donors (Lipinski definition) is 1. The van der Waals surface area contributed by atoms with Crippen molar-refractivity contribution in [2.45, 2.75) is 20.5 Å². The second-order valence-corrected chi connectivity index (χ2v) is 5.17. The monoisotopic (exact) mass is 278 g/mol. The van der Waals surface area contributed by atoms with Gasteiger partial charge in [-0.2, -0.15) is 5.10 Å². The third-order valence-corrected chi connectivity index (χ3v) is 3.63. The molecule has 0 saturated heterocycles. The number of aromatic amines is 1. The normalized spacial score (nSPS) is 10.6. The zero-order chi connectivity index (χ0) is 14.7. The fourth-order valence-corrected chi connectivity index (χ4v) is 2.32. The number of aromatic nitrogens is 2. The minimum Gasteiger partial charge on any atom is -0.489 e. The van der Waals surface area contributed by atoms with Gasteiger partial charge in [0.05, 0.1) is 5.69 Å². The van der Waals surface area contributed by atoms with Gasteiger partial charge in [-0.05, 0) is 54.8 Å². The Morgan fingerprint density at radius 2 is 1.86 bits per heavy atom. The maximum absolute atomic E-state index is 5.95. The number of H-pyrrole nitrogens is 1. The van der Waals surface area contributed by atoms with Crippen molar-refractivity contribution in [2.24, 2.45) is 0 Å². The fraction of sp³-hybridized carbons (Fsp3) is 0.167. The summed E-state index contributed by atoms with van der Waals surface area (Å²) in [5, 5.41) is 6.95. The Morgan fingerprint density at radius 1 is 1.00 bits per heavy atom. The van der Waals surface area contributed by atoms with Crippen LogP contribution in [-0.4, -0.2) is 10.2 Å². The molecule has 2 aromatic carbocycles. The van der Waals surface area contributed by atoms with E-state index in [9.17, 15) is 0 Å². The van der Waals surface area contributed by atoms with E-state index in [1.807, 2.05) is 30.3 Å². The van der Waals surface area contributed by atoms with Crippen LogP contribution in [0.2, 0.25) is 0 Å². The molecule has 0 unspecified atom stereocenters. The molecule has 1 heterocycles. The molecule has 0 saturated carbocycles. The Balaban J connectivity index is 1.76. The first-order valence-electron chi connectivity index (χ1n) is 7.02. The minimum absolute atomic E-state index is 0.594. The van der Waals surface area contributed by atoms with Gasteiger partial charge in [0.2, 0.25) is 0 Å². The first kappa shape index (κ1) is 13.4. The summed E-state index contributed by atoms with van der Waals surface area (Å²) in [6.07, 6.45) is 1.76. The summed E-state index contributed by atoms with van der Waals surface area (Å²) in [6.45, 7) is 4.76. The molecule has 0 fully saturated rings. The molecule has 21 heavy (non-hydrogen) atoms. The number of benzene rings is 2. The lowest BCUT2D eigenvalue weighted by molar-refractivity contribution is 0.303. The van der Waals surface area contributed by atoms with Gasteiger partial charge in [0.15, 0.2) is 0 Å². The van der Waals surface area contributed by atoms with E-state index in [0.29, 0.717) is 6.61 Å². The summed E-state index contributed by atoms with van der Waals surface area (Å²) in [7, 11) is 0. The maximum atomic E-state index is 5.95. The molecular formula is C18H18N2O. The van der Waals surface area contributed by atoms with Crippen LogP contribution in [0.5, 0.6) is 5.75 Å². The molecule has 0 radical (unpaired) electrons. The zero-order valence-electron chi connectivity index (χ0n) is 12.3. The molecule has 3 heteroatoms. The molecule has 3 nitrogen and oxygen atoms in total. The predicted octanol–water partition coefficient (Wildman–Crippen LogP) is 4.27. The maximum Gasteiger partial charge on any atom is 0.122 e. The molecular weight excluding hydrogens is 260 g/mol. The second kappa shape index (κ2) is 5.83. The lowest BCUT2D eigenvalue weighted by Gasteiger charge is -2.11. The Labute approximate surface area is 124 Å². The number of nitrogens with one attached hydrogen (secondary N) is 1. The summed E-state index contributed by atoms with van der Waals surface area (Å²) in [4.78, 5) is 0. The van der Waals surface area contributed by atoms with E-state index in [2.05, 4.69) is 42.2 Å². The molecule has 0 aliphatic heterocycles. The van der Waals surface area contributed by atoms with Crippen LogP contribution in [0.25, 0.3) is 11.3 Å². The van der Waals surface area contributed by atoms with Crippen LogP contribution in [-0.2, 0) is 6.61 Å². The van der Waals surface area contributed by atoms with Crippen LogP contribution in [0.3, 0.4) is 0 Å². The molecule has 1 aromatic heterocycles. The minimum atomic E-state index is 0.594. The lowest BCUT2D eigenvalue weighted by Crippen LogP contribution is -1.99. The van der Waals surface area contributed by atoms with Crippen LogP contribution < -0.4 is 4.74 Å². The quantitative estimate of drug-likeness (QED) is 0.773. The summed E-state index contributed by atoms with van der Waals surface area (Å²) in [6, 6.07) is 16.4. The van der Waals surface area contributed by atoms with Crippen molar-refractivity contribution in [3.8, 4) is 17.0 Å². The highest BCUT2D eigenvalue weighted by molar-refractivity contribution is 5.61. The highest BCUT2D eigenvalue weighted by atomic mass is 16.5. The Bertz CT molecular complexity index is 733. The van der Waals surface area contributed by atoms with Gasteiger partial charge in [0, 0.05) is 11.8 Å². The fourth-order valence-electron chi connectivity index (χ4n) is 2.32. The standard InChI is InChI=1S/C18H18N2O/c1-13-5-3-4-6-16(13)12-21-18-8-7-15(11-14(18)2)17-9-10-19-20-17/h3-11H,12H2,1-2H3,(H,19,20). The number of ether oxygens (including phenoxy) is 1. The zero-order valence-corrected chi connectivity index (χ0v) is 12.3. The summed E-state index contributed by atoms with van der Waals surface area (Å²) >= 11 is 0. The molecule has 3 aromatic rings. The third-order valence-electron chi connectivity index (χ3n) is 3.63. The van der Waals surface area contributed by atoms with E-state index < -0.39 is 0 Å². The van der Waals surface area contributed by atoms with Gasteiger partial charge in [0.25, 0.3) is 0 Å². The number of aryl methyl sites for hydroxylation is 2. The first-order valence-corrected chi connectivity index (χ1v) is 7.02. The van der Waals surface area contributed by atoms with Gasteiger partial charge in [0.1, 0.15) is 12.4 Å². The Morgan fingerprint density at radius 3 is 2.57 bits per heavy atom.